The maximum atomic E-state index is 12.3. The zero-order chi connectivity index (χ0) is 22.3. The number of nitriles is 1. The number of hydrogen-bond donors (Lipinski definition) is 4. The molecule has 2 aromatic rings. The lowest BCUT2D eigenvalue weighted by Gasteiger charge is -2.19. The van der Waals surface area contributed by atoms with E-state index in [0.717, 1.165) is 5.69 Å². The first-order valence-electron chi connectivity index (χ1n) is 8.79. The van der Waals surface area contributed by atoms with Gasteiger partial charge in [0.1, 0.15) is 12.1 Å². The second-order valence-electron chi connectivity index (χ2n) is 6.41. The van der Waals surface area contributed by atoms with Crippen LogP contribution in [0.15, 0.2) is 30.5 Å². The van der Waals surface area contributed by atoms with Crippen LogP contribution in [0, 0.1) is 11.3 Å². The highest BCUT2D eigenvalue weighted by Gasteiger charge is 2.21. The van der Waals surface area contributed by atoms with Gasteiger partial charge in [-0.3, -0.25) is 9.59 Å². The molecule has 1 amide bonds. The fraction of sp³-hybridized carbons (Fsp3) is 0.263. The number of nitrogens with zero attached hydrogens (tertiary/aromatic N) is 4. The van der Waals surface area contributed by atoms with E-state index in [1.165, 1.54) is 18.3 Å². The van der Waals surface area contributed by atoms with Gasteiger partial charge in [0.25, 0.3) is 5.91 Å². The molecule has 2 rings (SSSR count). The van der Waals surface area contributed by atoms with Crippen LogP contribution in [0.1, 0.15) is 34.6 Å². The van der Waals surface area contributed by atoms with Gasteiger partial charge in [-0.25, -0.2) is 14.8 Å². The van der Waals surface area contributed by atoms with Crippen molar-refractivity contribution in [3.05, 3.63) is 47.4 Å². The van der Waals surface area contributed by atoms with E-state index in [2.05, 4.69) is 15.3 Å². The number of aromatic nitrogens is 2. The molecule has 0 aliphatic rings. The molecule has 156 valence electrons. The monoisotopic (exact) mass is 412 g/mol. The van der Waals surface area contributed by atoms with Gasteiger partial charge >= 0.3 is 11.9 Å². The van der Waals surface area contributed by atoms with Crippen LogP contribution in [0.25, 0.3) is 0 Å². The van der Waals surface area contributed by atoms with Crippen molar-refractivity contribution in [2.24, 2.45) is 0 Å². The van der Waals surface area contributed by atoms with Crippen LogP contribution in [0.4, 0.5) is 11.5 Å². The van der Waals surface area contributed by atoms with Gasteiger partial charge in [-0.1, -0.05) is 0 Å². The number of hydrogen-bond acceptors (Lipinski definition) is 8. The van der Waals surface area contributed by atoms with Gasteiger partial charge in [0, 0.05) is 24.7 Å². The summed E-state index contributed by atoms with van der Waals surface area (Å²) in [4.78, 5) is 44.0. The zero-order valence-electron chi connectivity index (χ0n) is 16.1. The number of carboxylic acids is 2. The van der Waals surface area contributed by atoms with E-state index in [4.69, 9.17) is 21.2 Å². The van der Waals surface area contributed by atoms with Crippen LogP contribution in [-0.4, -0.2) is 51.1 Å². The molecular formula is C19H20N6O5. The molecular weight excluding hydrogens is 392 g/mol. The third kappa shape index (κ3) is 5.90. The molecule has 5 N–H and O–H groups in total. The summed E-state index contributed by atoms with van der Waals surface area (Å²) < 4.78 is 0. The van der Waals surface area contributed by atoms with Gasteiger partial charge in [-0.05, 0) is 30.7 Å². The number of carbonyl (C=O) groups is 3. The smallest absolute Gasteiger partial charge is 0.326 e. The quantitative estimate of drug-likeness (QED) is 0.455. The predicted molar refractivity (Wildman–Crippen MR) is 105 cm³/mol. The van der Waals surface area contributed by atoms with Crippen LogP contribution >= 0.6 is 0 Å². The van der Waals surface area contributed by atoms with E-state index in [-0.39, 0.29) is 29.9 Å². The molecule has 0 fully saturated rings. The van der Waals surface area contributed by atoms with Crippen LogP contribution in [0.3, 0.4) is 0 Å². The first-order valence-corrected chi connectivity index (χ1v) is 8.79. The summed E-state index contributed by atoms with van der Waals surface area (Å²) in [6.45, 7) is 0.337. The largest absolute Gasteiger partial charge is 0.481 e. The summed E-state index contributed by atoms with van der Waals surface area (Å²) in [5.41, 5.74) is 7.11. The Morgan fingerprint density at radius 1 is 1.27 bits per heavy atom. The molecule has 1 unspecified atom stereocenters. The standard InChI is InChI=1S/C19H20N6O5/c1-25(10-12-9-22-17(21)15(8-20)23-12)13-4-2-11(3-5-13)18(28)24-14(19(29)30)6-7-16(26)27/h2-5,9,14H,6-7,10H2,1H3,(H2,21,22)(H,24,28)(H,26,27)(H,29,30). The van der Waals surface area contributed by atoms with E-state index in [1.807, 2.05) is 11.0 Å². The predicted octanol–water partition coefficient (Wildman–Crippen LogP) is 0.615. The molecule has 1 atom stereocenters. The third-order valence-electron chi connectivity index (χ3n) is 4.18. The van der Waals surface area contributed by atoms with Crippen LogP contribution in [0.5, 0.6) is 0 Å². The number of rotatable bonds is 9. The lowest BCUT2D eigenvalue weighted by atomic mass is 10.1. The summed E-state index contributed by atoms with van der Waals surface area (Å²) in [5, 5.41) is 29.1. The minimum atomic E-state index is -1.30. The van der Waals surface area contributed by atoms with E-state index >= 15 is 0 Å². The molecule has 0 aliphatic heterocycles. The molecule has 0 saturated heterocycles. The molecule has 30 heavy (non-hydrogen) atoms. The maximum Gasteiger partial charge on any atom is 0.326 e. The molecule has 0 spiro atoms. The van der Waals surface area contributed by atoms with Crippen LogP contribution in [-0.2, 0) is 16.1 Å². The molecule has 11 nitrogen and oxygen atoms in total. The SMILES string of the molecule is CN(Cc1cnc(N)c(C#N)n1)c1ccc(C(=O)NC(CCC(=O)O)C(=O)O)cc1. The summed E-state index contributed by atoms with van der Waals surface area (Å²) in [7, 11) is 1.78. The van der Waals surface area contributed by atoms with E-state index in [9.17, 15) is 14.4 Å². The van der Waals surface area contributed by atoms with Crippen molar-refractivity contribution >= 4 is 29.4 Å². The Hall–Kier alpha value is -4.20. The minimum absolute atomic E-state index is 0.0452. The lowest BCUT2D eigenvalue weighted by molar-refractivity contribution is -0.140. The highest BCUT2D eigenvalue weighted by Crippen LogP contribution is 2.17. The second-order valence-corrected chi connectivity index (χ2v) is 6.41. The Labute approximate surface area is 171 Å². The average Bonchev–Trinajstić information content (AvgIpc) is 2.71. The maximum absolute atomic E-state index is 12.3. The van der Waals surface area contributed by atoms with Gasteiger partial charge in [-0.15, -0.1) is 0 Å². The average molecular weight is 412 g/mol. The highest BCUT2D eigenvalue weighted by molar-refractivity contribution is 5.96. The summed E-state index contributed by atoms with van der Waals surface area (Å²) in [6.07, 6.45) is 0.880. The molecule has 0 saturated carbocycles. The van der Waals surface area contributed by atoms with Crippen molar-refractivity contribution in [2.45, 2.75) is 25.4 Å². The first-order chi connectivity index (χ1) is 14.2. The number of carbonyl (C=O) groups excluding carboxylic acids is 1. The van der Waals surface area contributed by atoms with E-state index < -0.39 is 23.9 Å². The number of nitrogen functional groups attached to an aromatic ring is 1. The molecule has 1 aromatic heterocycles. The Bertz CT molecular complexity index is 986. The molecule has 0 aliphatic carbocycles. The molecule has 0 bridgehead atoms. The van der Waals surface area contributed by atoms with Crippen molar-refractivity contribution < 1.29 is 24.6 Å². The second kappa shape index (κ2) is 9.83. The van der Waals surface area contributed by atoms with Gasteiger partial charge < -0.3 is 26.2 Å². The number of aliphatic carboxylic acids is 2. The lowest BCUT2D eigenvalue weighted by Crippen LogP contribution is -2.41. The van der Waals surface area contributed by atoms with Crippen molar-refractivity contribution in [2.75, 3.05) is 17.7 Å². The van der Waals surface area contributed by atoms with Crippen molar-refractivity contribution in [1.29, 1.82) is 5.26 Å². The number of amides is 1. The number of nitrogens with one attached hydrogen (secondary N) is 1. The van der Waals surface area contributed by atoms with E-state index in [0.29, 0.717) is 12.2 Å². The van der Waals surface area contributed by atoms with Crippen molar-refractivity contribution in [3.8, 4) is 6.07 Å². The number of carboxylic acid groups (broad SMARTS) is 2. The summed E-state index contributed by atoms with van der Waals surface area (Å²) in [6, 6.07) is 6.94. The van der Waals surface area contributed by atoms with Crippen molar-refractivity contribution in [1.82, 2.24) is 15.3 Å². The first kappa shape index (κ1) is 22.1. The Morgan fingerprint density at radius 3 is 2.50 bits per heavy atom. The molecule has 0 radical (unpaired) electrons. The zero-order valence-corrected chi connectivity index (χ0v) is 16.1. The fourth-order valence-electron chi connectivity index (χ4n) is 2.56. The third-order valence-corrected chi connectivity index (χ3v) is 4.18. The summed E-state index contributed by atoms with van der Waals surface area (Å²) >= 11 is 0. The topological polar surface area (TPSA) is 183 Å². The fourth-order valence-corrected chi connectivity index (χ4v) is 2.56. The van der Waals surface area contributed by atoms with Gasteiger partial charge in [0.05, 0.1) is 18.4 Å². The summed E-state index contributed by atoms with van der Waals surface area (Å²) in [5.74, 6) is -3.01. The van der Waals surface area contributed by atoms with Gasteiger partial charge in [0.2, 0.25) is 0 Å². The number of anilines is 2. The molecule has 1 heterocycles. The minimum Gasteiger partial charge on any atom is -0.481 e. The van der Waals surface area contributed by atoms with Crippen molar-refractivity contribution in [3.63, 3.8) is 0 Å². The molecule has 1 aromatic carbocycles. The highest BCUT2D eigenvalue weighted by atomic mass is 16.4. The number of benzene rings is 1. The van der Waals surface area contributed by atoms with Gasteiger partial charge in [-0.2, -0.15) is 5.26 Å². The molecule has 11 heteroatoms. The van der Waals surface area contributed by atoms with Crippen LogP contribution < -0.4 is 16.0 Å². The normalized spacial score (nSPS) is 11.2. The van der Waals surface area contributed by atoms with E-state index in [1.54, 1.807) is 19.2 Å². The van der Waals surface area contributed by atoms with Crippen LogP contribution in [0.2, 0.25) is 0 Å². The number of nitrogens with two attached hydrogens (primary N) is 1. The Balaban J connectivity index is 2.04. The van der Waals surface area contributed by atoms with Gasteiger partial charge in [0.15, 0.2) is 11.5 Å². The Kier molecular flexibility index (Phi) is 7.24. The Morgan fingerprint density at radius 2 is 1.93 bits per heavy atom.